The second kappa shape index (κ2) is 2.13. The molecule has 1 aromatic heterocycles. The number of nitrogens with zero attached hydrogens (tertiary/aromatic N) is 1. The predicted octanol–water partition coefficient (Wildman–Crippen LogP) is 1.01. The lowest BCUT2D eigenvalue weighted by molar-refractivity contribution is 1.17. The first kappa shape index (κ1) is 5.56. The Morgan fingerprint density at radius 1 is 1.50 bits per heavy atom. The van der Waals surface area contributed by atoms with Crippen LogP contribution >= 0.6 is 16.1 Å². The van der Waals surface area contributed by atoms with Gasteiger partial charge in [0.25, 0.3) is 5.56 Å². The van der Waals surface area contributed by atoms with E-state index in [1.54, 1.807) is 18.3 Å². The van der Waals surface area contributed by atoms with E-state index in [4.69, 9.17) is 0 Å². The van der Waals surface area contributed by atoms with Gasteiger partial charge in [0.05, 0.1) is 16.1 Å². The van der Waals surface area contributed by atoms with Gasteiger partial charge in [-0.3, -0.25) is 8.39 Å². The summed E-state index contributed by atoms with van der Waals surface area (Å²) < 4.78 is 1.34. The Labute approximate surface area is 55.1 Å². The smallest absolute Gasteiger partial charge is 0.260 e. The van der Waals surface area contributed by atoms with Crippen molar-refractivity contribution < 1.29 is 0 Å². The first-order valence-electron chi connectivity index (χ1n) is 2.14. The molecule has 0 aliphatic rings. The van der Waals surface area contributed by atoms with Crippen LogP contribution in [0.4, 0.5) is 0 Å². The molecule has 0 N–H and O–H groups in total. The van der Waals surface area contributed by atoms with Gasteiger partial charge in [0.1, 0.15) is 0 Å². The molecule has 2 nitrogen and oxygen atoms in total. The van der Waals surface area contributed by atoms with Crippen LogP contribution in [-0.4, -0.2) is 3.59 Å². The minimum absolute atomic E-state index is 0.0486. The van der Waals surface area contributed by atoms with E-state index in [1.807, 2.05) is 0 Å². The minimum atomic E-state index is -0.0486. The molecule has 0 unspecified atom stereocenters. The minimum Gasteiger partial charge on any atom is -0.268 e. The molecule has 0 aliphatic heterocycles. The fraction of sp³-hybridized carbons (Fsp3) is 0. The van der Waals surface area contributed by atoms with Crippen LogP contribution < -0.4 is 5.56 Å². The van der Waals surface area contributed by atoms with Crippen molar-refractivity contribution in [3.8, 4) is 0 Å². The third-order valence-corrected chi connectivity index (χ3v) is 1.36. The van der Waals surface area contributed by atoms with E-state index in [0.717, 1.165) is 0 Å². The molecule has 0 saturated carbocycles. The highest BCUT2D eigenvalue weighted by Gasteiger charge is 1.81. The highest BCUT2D eigenvalue weighted by molar-refractivity contribution is 9.08. The van der Waals surface area contributed by atoms with Gasteiger partial charge in [0, 0.05) is 12.3 Å². The van der Waals surface area contributed by atoms with Gasteiger partial charge in [-0.2, -0.15) is 0 Å². The van der Waals surface area contributed by atoms with Crippen molar-refractivity contribution in [3.63, 3.8) is 0 Å². The summed E-state index contributed by atoms with van der Waals surface area (Å²) in [5.41, 5.74) is -0.0486. The van der Waals surface area contributed by atoms with Gasteiger partial charge in [-0.1, -0.05) is 6.07 Å². The summed E-state index contributed by atoms with van der Waals surface area (Å²) in [6.45, 7) is 0. The van der Waals surface area contributed by atoms with E-state index >= 15 is 0 Å². The maximum atomic E-state index is 10.5. The number of rotatable bonds is 0. The molecule has 42 valence electrons. The number of hydrogen-bond donors (Lipinski definition) is 0. The van der Waals surface area contributed by atoms with Gasteiger partial charge in [0.2, 0.25) is 0 Å². The summed E-state index contributed by atoms with van der Waals surface area (Å²) in [6, 6.07) is 4.95. The summed E-state index contributed by atoms with van der Waals surface area (Å²) in [5.74, 6) is 0. The van der Waals surface area contributed by atoms with Crippen molar-refractivity contribution in [3.05, 3.63) is 34.7 Å². The Balaban J connectivity index is 3.35. The summed E-state index contributed by atoms with van der Waals surface area (Å²) in [7, 11) is 0. The molecule has 0 bridgehead atoms. The van der Waals surface area contributed by atoms with Crippen molar-refractivity contribution in [1.29, 1.82) is 0 Å². The number of pyridine rings is 1. The van der Waals surface area contributed by atoms with E-state index in [1.165, 1.54) is 9.66 Å². The van der Waals surface area contributed by atoms with Crippen LogP contribution in [0.15, 0.2) is 29.2 Å². The third-order valence-electron chi connectivity index (χ3n) is 0.777. The zero-order chi connectivity index (χ0) is 5.98. The number of halogens is 1. The second-order valence-electron chi connectivity index (χ2n) is 1.35. The third kappa shape index (κ3) is 0.980. The standard InChI is InChI=1S/C5H4BrNO/c6-7-4-2-1-3-5(7)8/h1-4H. The monoisotopic (exact) mass is 173 g/mol. The predicted molar refractivity (Wildman–Crippen MR) is 35.0 cm³/mol. The van der Waals surface area contributed by atoms with Gasteiger partial charge >= 0.3 is 0 Å². The molecule has 0 radical (unpaired) electrons. The SMILES string of the molecule is O=c1ccccn1Br. The van der Waals surface area contributed by atoms with E-state index in [-0.39, 0.29) is 5.56 Å². The molecule has 0 amide bonds. The van der Waals surface area contributed by atoms with Crippen LogP contribution in [-0.2, 0) is 0 Å². The molecule has 1 heterocycles. The summed E-state index contributed by atoms with van der Waals surface area (Å²) in [5, 5.41) is 0. The topological polar surface area (TPSA) is 22.0 Å². The maximum absolute atomic E-state index is 10.5. The zero-order valence-corrected chi connectivity index (χ0v) is 5.63. The molecule has 0 aromatic carbocycles. The Kier molecular flexibility index (Phi) is 1.48. The molecule has 8 heavy (non-hydrogen) atoms. The largest absolute Gasteiger partial charge is 0.268 e. The van der Waals surface area contributed by atoms with Gasteiger partial charge in [-0.05, 0) is 6.07 Å². The van der Waals surface area contributed by atoms with Crippen molar-refractivity contribution in [2.45, 2.75) is 0 Å². The Morgan fingerprint density at radius 3 is 2.62 bits per heavy atom. The fourth-order valence-corrected chi connectivity index (χ4v) is 0.663. The zero-order valence-electron chi connectivity index (χ0n) is 4.04. The highest BCUT2D eigenvalue weighted by Crippen LogP contribution is 1.83. The van der Waals surface area contributed by atoms with E-state index in [9.17, 15) is 4.79 Å². The van der Waals surface area contributed by atoms with Crippen LogP contribution in [0.25, 0.3) is 0 Å². The van der Waals surface area contributed by atoms with Crippen LogP contribution in [0, 0.1) is 0 Å². The molecule has 3 heteroatoms. The lowest BCUT2D eigenvalue weighted by atomic mass is 10.5. The summed E-state index contributed by atoms with van der Waals surface area (Å²) in [6.07, 6.45) is 1.64. The van der Waals surface area contributed by atoms with Crippen LogP contribution in [0.2, 0.25) is 0 Å². The molecule has 0 fully saturated rings. The Bertz CT molecular complexity index is 230. The van der Waals surface area contributed by atoms with Gasteiger partial charge in [-0.15, -0.1) is 0 Å². The quantitative estimate of drug-likeness (QED) is 0.575. The Morgan fingerprint density at radius 2 is 2.25 bits per heavy atom. The van der Waals surface area contributed by atoms with Gasteiger partial charge in [0.15, 0.2) is 0 Å². The molecular weight excluding hydrogens is 170 g/mol. The summed E-state index contributed by atoms with van der Waals surface area (Å²) in [4.78, 5) is 10.5. The molecular formula is C5H4BrNO. The Hall–Kier alpha value is -0.570. The van der Waals surface area contributed by atoms with Crippen molar-refractivity contribution in [1.82, 2.24) is 3.59 Å². The molecule has 1 rings (SSSR count). The fourth-order valence-electron chi connectivity index (χ4n) is 0.408. The molecule has 0 spiro atoms. The summed E-state index contributed by atoms with van der Waals surface area (Å²) >= 11 is 3.00. The van der Waals surface area contributed by atoms with E-state index in [0.29, 0.717) is 0 Å². The molecule has 0 atom stereocenters. The van der Waals surface area contributed by atoms with Crippen LogP contribution in [0.3, 0.4) is 0 Å². The average molecular weight is 174 g/mol. The normalized spacial score (nSPS) is 9.12. The van der Waals surface area contributed by atoms with Gasteiger partial charge < -0.3 is 0 Å². The number of hydrogen-bond acceptors (Lipinski definition) is 1. The first-order valence-corrected chi connectivity index (χ1v) is 2.85. The first-order chi connectivity index (χ1) is 3.80. The lowest BCUT2D eigenvalue weighted by Gasteiger charge is -1.86. The van der Waals surface area contributed by atoms with Crippen LogP contribution in [0.5, 0.6) is 0 Å². The molecule has 0 saturated heterocycles. The highest BCUT2D eigenvalue weighted by atomic mass is 79.9. The maximum Gasteiger partial charge on any atom is 0.260 e. The average Bonchev–Trinajstić information content (AvgIpc) is 1.77. The van der Waals surface area contributed by atoms with Crippen molar-refractivity contribution in [2.75, 3.05) is 0 Å². The molecule has 1 aromatic rings. The second-order valence-corrected chi connectivity index (χ2v) is 2.11. The van der Waals surface area contributed by atoms with Gasteiger partial charge in [-0.25, -0.2) is 0 Å². The van der Waals surface area contributed by atoms with Crippen LogP contribution in [0.1, 0.15) is 0 Å². The molecule has 0 aliphatic carbocycles. The van der Waals surface area contributed by atoms with Crippen molar-refractivity contribution in [2.24, 2.45) is 0 Å². The van der Waals surface area contributed by atoms with E-state index < -0.39 is 0 Å². The number of aromatic nitrogens is 1. The van der Waals surface area contributed by atoms with Crippen molar-refractivity contribution >= 4 is 16.1 Å². The lowest BCUT2D eigenvalue weighted by Crippen LogP contribution is -2.07. The van der Waals surface area contributed by atoms with E-state index in [2.05, 4.69) is 16.1 Å².